The van der Waals surface area contributed by atoms with Crippen molar-refractivity contribution < 1.29 is 28.5 Å². The van der Waals surface area contributed by atoms with E-state index in [2.05, 4.69) is 0 Å². The number of benzene rings is 2. The molecule has 0 spiro atoms. The molecule has 0 saturated carbocycles. The number of hydrogen-bond acceptors (Lipinski definition) is 6. The molecule has 2 aromatic carbocycles. The molecular weight excluding hydrogens is 360 g/mol. The molecule has 0 aliphatic heterocycles. The van der Waals surface area contributed by atoms with E-state index in [4.69, 9.17) is 30.5 Å². The Kier molecular flexibility index (Phi) is 6.46. The maximum atomic E-state index is 12.5. The molecule has 1 atom stereocenters. The fourth-order valence-corrected chi connectivity index (χ4v) is 2.51. The Balaban J connectivity index is 2.23. The Morgan fingerprint density at radius 3 is 2.04 bits per heavy atom. The van der Waals surface area contributed by atoms with Crippen LogP contribution in [0.25, 0.3) is 0 Å². The van der Waals surface area contributed by atoms with Crippen molar-refractivity contribution in [2.24, 2.45) is 0 Å². The molecule has 6 nitrogen and oxygen atoms in total. The zero-order chi connectivity index (χ0) is 19.3. The summed E-state index contributed by atoms with van der Waals surface area (Å²) in [4.78, 5) is 24.9. The third kappa shape index (κ3) is 4.08. The zero-order valence-corrected chi connectivity index (χ0v) is 15.6. The molecule has 0 saturated heterocycles. The smallest absolute Gasteiger partial charge is 0.342 e. The highest BCUT2D eigenvalue weighted by Gasteiger charge is 2.25. The second-order valence-corrected chi connectivity index (χ2v) is 5.74. The monoisotopic (exact) mass is 378 g/mol. The molecule has 0 bridgehead atoms. The van der Waals surface area contributed by atoms with Crippen LogP contribution in [0.3, 0.4) is 0 Å². The first-order valence-corrected chi connectivity index (χ1v) is 8.10. The number of ether oxygens (including phenoxy) is 4. The molecule has 2 aromatic rings. The number of esters is 1. The van der Waals surface area contributed by atoms with E-state index in [9.17, 15) is 9.59 Å². The summed E-state index contributed by atoms with van der Waals surface area (Å²) >= 11 is 5.81. The van der Waals surface area contributed by atoms with Gasteiger partial charge in [0.2, 0.25) is 11.5 Å². The summed E-state index contributed by atoms with van der Waals surface area (Å²) < 4.78 is 21.0. The van der Waals surface area contributed by atoms with Gasteiger partial charge in [-0.1, -0.05) is 11.6 Å². The summed E-state index contributed by atoms with van der Waals surface area (Å²) in [5.74, 6) is -0.206. The van der Waals surface area contributed by atoms with Crippen LogP contribution in [0, 0.1) is 0 Å². The first-order valence-electron chi connectivity index (χ1n) is 7.72. The quantitative estimate of drug-likeness (QED) is 0.539. The van der Waals surface area contributed by atoms with Gasteiger partial charge in [-0.15, -0.1) is 0 Å². The topological polar surface area (TPSA) is 71.1 Å². The molecule has 0 N–H and O–H groups in total. The minimum Gasteiger partial charge on any atom is -0.493 e. The summed E-state index contributed by atoms with van der Waals surface area (Å²) in [7, 11) is 4.31. The number of Topliss-reactive ketones (excluding diaryl/α,β-unsaturated/α-hetero) is 1. The van der Waals surface area contributed by atoms with Crippen molar-refractivity contribution in [3.05, 3.63) is 52.5 Å². The van der Waals surface area contributed by atoms with E-state index in [1.165, 1.54) is 34.3 Å². The van der Waals surface area contributed by atoms with Crippen LogP contribution in [-0.4, -0.2) is 39.2 Å². The van der Waals surface area contributed by atoms with Gasteiger partial charge in [0.15, 0.2) is 17.6 Å². The molecule has 0 amide bonds. The highest BCUT2D eigenvalue weighted by molar-refractivity contribution is 6.30. The molecule has 0 radical (unpaired) electrons. The maximum absolute atomic E-state index is 12.5. The summed E-state index contributed by atoms with van der Waals surface area (Å²) in [5, 5.41) is 0.515. The Hall–Kier alpha value is -2.73. The average molecular weight is 379 g/mol. The van der Waals surface area contributed by atoms with Gasteiger partial charge in [-0.2, -0.15) is 0 Å². The zero-order valence-electron chi connectivity index (χ0n) is 14.9. The number of ketones is 1. The molecule has 0 heterocycles. The van der Waals surface area contributed by atoms with Crippen molar-refractivity contribution in [1.29, 1.82) is 0 Å². The Morgan fingerprint density at radius 2 is 1.50 bits per heavy atom. The van der Waals surface area contributed by atoms with E-state index >= 15 is 0 Å². The first kappa shape index (κ1) is 19.6. The van der Waals surface area contributed by atoms with E-state index in [0.29, 0.717) is 16.3 Å². The number of carbonyl (C=O) groups excluding carboxylic acids is 2. The molecule has 7 heteroatoms. The summed E-state index contributed by atoms with van der Waals surface area (Å²) in [6.07, 6.45) is -0.985. The summed E-state index contributed by atoms with van der Waals surface area (Å²) in [5.41, 5.74) is 0.523. The van der Waals surface area contributed by atoms with Crippen LogP contribution < -0.4 is 14.2 Å². The van der Waals surface area contributed by atoms with Gasteiger partial charge >= 0.3 is 5.97 Å². The lowest BCUT2D eigenvalue weighted by molar-refractivity contribution is 0.0315. The predicted molar refractivity (Wildman–Crippen MR) is 96.8 cm³/mol. The fourth-order valence-electron chi connectivity index (χ4n) is 2.39. The van der Waals surface area contributed by atoms with Crippen LogP contribution in [0.5, 0.6) is 17.2 Å². The van der Waals surface area contributed by atoms with Crippen LogP contribution in [0.15, 0.2) is 36.4 Å². The van der Waals surface area contributed by atoms with Gasteiger partial charge in [-0.05, 0) is 43.3 Å². The standard InChI is InChI=1S/C19H19ClO6/c1-11(16(21)12-5-7-13(20)8-6-12)26-19(22)14-9-10-15(23-2)18(25-4)17(14)24-3/h5-11H,1-4H3/t11-/m0/s1. The van der Waals surface area contributed by atoms with Crippen LogP contribution in [0.2, 0.25) is 5.02 Å². The van der Waals surface area contributed by atoms with Gasteiger partial charge in [-0.25, -0.2) is 4.79 Å². The number of carbonyl (C=O) groups is 2. The minimum absolute atomic E-state index is 0.126. The number of halogens is 1. The lowest BCUT2D eigenvalue weighted by Gasteiger charge is -2.17. The van der Waals surface area contributed by atoms with Gasteiger partial charge in [0.25, 0.3) is 0 Å². The normalized spacial score (nSPS) is 11.4. The van der Waals surface area contributed by atoms with Gasteiger partial charge < -0.3 is 18.9 Å². The van der Waals surface area contributed by atoms with Crippen LogP contribution in [-0.2, 0) is 4.74 Å². The molecule has 0 fully saturated rings. The fraction of sp³-hybridized carbons (Fsp3) is 0.263. The third-order valence-electron chi connectivity index (χ3n) is 3.71. The highest BCUT2D eigenvalue weighted by Crippen LogP contribution is 2.40. The third-order valence-corrected chi connectivity index (χ3v) is 3.96. The van der Waals surface area contributed by atoms with Crippen molar-refractivity contribution in [1.82, 2.24) is 0 Å². The summed E-state index contributed by atoms with van der Waals surface area (Å²) in [6.45, 7) is 1.50. The lowest BCUT2D eigenvalue weighted by Crippen LogP contribution is -2.24. The second kappa shape index (κ2) is 8.58. The van der Waals surface area contributed by atoms with E-state index in [1.54, 1.807) is 30.3 Å². The van der Waals surface area contributed by atoms with E-state index in [1.807, 2.05) is 0 Å². The lowest BCUT2D eigenvalue weighted by atomic mass is 10.1. The molecule has 26 heavy (non-hydrogen) atoms. The number of methoxy groups -OCH3 is 3. The SMILES string of the molecule is COc1ccc(C(=O)O[C@@H](C)C(=O)c2ccc(Cl)cc2)c(OC)c1OC. The molecule has 138 valence electrons. The Morgan fingerprint density at radius 1 is 0.885 bits per heavy atom. The maximum Gasteiger partial charge on any atom is 0.342 e. The van der Waals surface area contributed by atoms with Gasteiger partial charge in [-0.3, -0.25) is 4.79 Å². The molecule has 0 aliphatic carbocycles. The molecule has 0 aromatic heterocycles. The highest BCUT2D eigenvalue weighted by atomic mass is 35.5. The average Bonchev–Trinajstić information content (AvgIpc) is 2.66. The predicted octanol–water partition coefficient (Wildman–Crippen LogP) is 3.79. The molecule has 2 rings (SSSR count). The van der Waals surface area contributed by atoms with Crippen LogP contribution in [0.1, 0.15) is 27.6 Å². The van der Waals surface area contributed by atoms with Crippen LogP contribution in [0.4, 0.5) is 0 Å². The molecule has 0 unspecified atom stereocenters. The van der Waals surface area contributed by atoms with E-state index in [-0.39, 0.29) is 22.8 Å². The van der Waals surface area contributed by atoms with Crippen molar-refractivity contribution in [2.75, 3.05) is 21.3 Å². The van der Waals surface area contributed by atoms with Crippen molar-refractivity contribution >= 4 is 23.4 Å². The van der Waals surface area contributed by atoms with Gasteiger partial charge in [0.1, 0.15) is 5.56 Å². The van der Waals surface area contributed by atoms with Gasteiger partial charge in [0.05, 0.1) is 21.3 Å². The first-order chi connectivity index (χ1) is 12.4. The van der Waals surface area contributed by atoms with Crippen molar-refractivity contribution in [2.45, 2.75) is 13.0 Å². The van der Waals surface area contributed by atoms with Crippen molar-refractivity contribution in [3.63, 3.8) is 0 Å². The molecule has 0 aliphatic rings. The van der Waals surface area contributed by atoms with E-state index in [0.717, 1.165) is 0 Å². The van der Waals surface area contributed by atoms with Crippen molar-refractivity contribution in [3.8, 4) is 17.2 Å². The largest absolute Gasteiger partial charge is 0.493 e. The number of rotatable bonds is 7. The summed E-state index contributed by atoms with van der Waals surface area (Å²) in [6, 6.07) is 9.39. The minimum atomic E-state index is -0.985. The van der Waals surface area contributed by atoms with Gasteiger partial charge in [0, 0.05) is 10.6 Å². The number of hydrogen-bond donors (Lipinski definition) is 0. The second-order valence-electron chi connectivity index (χ2n) is 5.30. The Labute approximate surface area is 156 Å². The van der Waals surface area contributed by atoms with Crippen LogP contribution >= 0.6 is 11.6 Å². The molecular formula is C19H19ClO6. The van der Waals surface area contributed by atoms with E-state index < -0.39 is 12.1 Å². The Bertz CT molecular complexity index is 800.